The van der Waals surface area contributed by atoms with Crippen molar-refractivity contribution in [3.8, 4) is 11.8 Å². The molecule has 160 valence electrons. The lowest BCUT2D eigenvalue weighted by atomic mass is 10.0. The van der Waals surface area contributed by atoms with Gasteiger partial charge in [0.1, 0.15) is 5.69 Å². The van der Waals surface area contributed by atoms with Crippen LogP contribution in [0.4, 0.5) is 0 Å². The molecule has 2 heterocycles. The number of benzene rings is 1. The summed E-state index contributed by atoms with van der Waals surface area (Å²) in [7, 11) is 1.58. The van der Waals surface area contributed by atoms with Crippen LogP contribution >= 0.6 is 11.6 Å². The van der Waals surface area contributed by atoms with Crippen molar-refractivity contribution in [3.63, 3.8) is 0 Å². The van der Waals surface area contributed by atoms with E-state index in [0.29, 0.717) is 29.3 Å². The number of methoxy groups -OCH3 is 1. The van der Waals surface area contributed by atoms with Crippen LogP contribution < -0.4 is 4.74 Å². The predicted molar refractivity (Wildman–Crippen MR) is 118 cm³/mol. The van der Waals surface area contributed by atoms with E-state index in [1.54, 1.807) is 19.4 Å². The second kappa shape index (κ2) is 8.60. The van der Waals surface area contributed by atoms with Crippen molar-refractivity contribution in [1.82, 2.24) is 9.55 Å². The van der Waals surface area contributed by atoms with Crippen LogP contribution in [0, 0.1) is 17.2 Å². The van der Waals surface area contributed by atoms with E-state index in [-0.39, 0.29) is 18.0 Å². The molecule has 0 N–H and O–H groups in total. The highest BCUT2D eigenvalue weighted by atomic mass is 35.5. The minimum Gasteiger partial charge on any atom is -0.493 e. The van der Waals surface area contributed by atoms with Gasteiger partial charge in [0, 0.05) is 29.2 Å². The Morgan fingerprint density at radius 1 is 1.35 bits per heavy atom. The zero-order valence-corrected chi connectivity index (χ0v) is 18.6. The standard InChI is InChI=1S/C24H24ClN3O3/c1-14(2)31-23(29)11-16-9-18-17-8-15(12-26)4-5-21(17)28(22(18)10-16)13-20-24(30-3)19(25)6-7-27-20/h4-8,14,16H,9-11,13H2,1-3H3/t16-/m0/s1. The van der Waals surface area contributed by atoms with Gasteiger partial charge in [-0.2, -0.15) is 5.26 Å². The molecule has 0 saturated carbocycles. The monoisotopic (exact) mass is 437 g/mol. The second-order valence-corrected chi connectivity index (χ2v) is 8.55. The molecule has 0 aliphatic heterocycles. The maximum Gasteiger partial charge on any atom is 0.306 e. The quantitative estimate of drug-likeness (QED) is 0.523. The van der Waals surface area contributed by atoms with E-state index >= 15 is 0 Å². The molecule has 2 aromatic heterocycles. The van der Waals surface area contributed by atoms with Gasteiger partial charge in [0.25, 0.3) is 0 Å². The van der Waals surface area contributed by atoms with Crippen molar-refractivity contribution in [2.45, 2.75) is 45.8 Å². The molecule has 0 bridgehead atoms. The van der Waals surface area contributed by atoms with Gasteiger partial charge in [0.2, 0.25) is 0 Å². The maximum absolute atomic E-state index is 12.2. The summed E-state index contributed by atoms with van der Waals surface area (Å²) in [6.07, 6.45) is 3.48. The molecule has 0 fully saturated rings. The average molecular weight is 438 g/mol. The van der Waals surface area contributed by atoms with Crippen LogP contribution in [0.5, 0.6) is 5.75 Å². The number of fused-ring (bicyclic) bond motifs is 3. The Morgan fingerprint density at radius 2 is 2.16 bits per heavy atom. The van der Waals surface area contributed by atoms with E-state index < -0.39 is 0 Å². The molecule has 3 aromatic rings. The summed E-state index contributed by atoms with van der Waals surface area (Å²) in [5, 5.41) is 10.9. The minimum absolute atomic E-state index is 0.120. The van der Waals surface area contributed by atoms with Gasteiger partial charge >= 0.3 is 5.97 Å². The van der Waals surface area contributed by atoms with Gasteiger partial charge in [0.05, 0.1) is 36.4 Å². The van der Waals surface area contributed by atoms with Crippen molar-refractivity contribution >= 4 is 28.5 Å². The summed E-state index contributed by atoms with van der Waals surface area (Å²) in [5.41, 5.74) is 4.75. The molecule has 1 aromatic carbocycles. The lowest BCUT2D eigenvalue weighted by Gasteiger charge is -2.15. The van der Waals surface area contributed by atoms with Crippen molar-refractivity contribution in [2.24, 2.45) is 5.92 Å². The van der Waals surface area contributed by atoms with E-state index in [9.17, 15) is 10.1 Å². The van der Waals surface area contributed by atoms with Crippen LogP contribution in [-0.2, 0) is 28.9 Å². The lowest BCUT2D eigenvalue weighted by Crippen LogP contribution is -2.16. The van der Waals surface area contributed by atoms with E-state index in [1.807, 2.05) is 32.0 Å². The lowest BCUT2D eigenvalue weighted by molar-refractivity contribution is -0.148. The fraction of sp³-hybridized carbons (Fsp3) is 0.375. The molecule has 0 spiro atoms. The number of esters is 1. The molecule has 0 radical (unpaired) electrons. The van der Waals surface area contributed by atoms with Gasteiger partial charge in [-0.25, -0.2) is 0 Å². The van der Waals surface area contributed by atoms with Gasteiger partial charge in [-0.1, -0.05) is 11.6 Å². The number of pyridine rings is 1. The van der Waals surface area contributed by atoms with Gasteiger partial charge in [-0.3, -0.25) is 9.78 Å². The molecule has 0 saturated heterocycles. The van der Waals surface area contributed by atoms with Crippen LogP contribution in [-0.4, -0.2) is 28.7 Å². The Morgan fingerprint density at radius 3 is 2.87 bits per heavy atom. The molecule has 1 aliphatic carbocycles. The molecule has 6 nitrogen and oxygen atoms in total. The highest BCUT2D eigenvalue weighted by Crippen LogP contribution is 2.39. The summed E-state index contributed by atoms with van der Waals surface area (Å²) in [4.78, 5) is 16.7. The van der Waals surface area contributed by atoms with E-state index in [1.165, 1.54) is 5.56 Å². The number of nitriles is 1. The van der Waals surface area contributed by atoms with Crippen LogP contribution in [0.2, 0.25) is 5.02 Å². The first-order chi connectivity index (χ1) is 14.9. The zero-order chi connectivity index (χ0) is 22.1. The Labute approximate surface area is 186 Å². The first-order valence-electron chi connectivity index (χ1n) is 10.3. The van der Waals surface area contributed by atoms with Crippen LogP contribution in [0.3, 0.4) is 0 Å². The van der Waals surface area contributed by atoms with Crippen LogP contribution in [0.15, 0.2) is 30.5 Å². The Kier molecular flexibility index (Phi) is 5.88. The second-order valence-electron chi connectivity index (χ2n) is 8.14. The highest BCUT2D eigenvalue weighted by molar-refractivity contribution is 6.32. The van der Waals surface area contributed by atoms with Crippen molar-refractivity contribution in [2.75, 3.05) is 7.11 Å². The smallest absolute Gasteiger partial charge is 0.306 e. The van der Waals surface area contributed by atoms with Gasteiger partial charge in [-0.05, 0) is 62.4 Å². The molecular weight excluding hydrogens is 414 g/mol. The number of aromatic nitrogens is 2. The third kappa shape index (κ3) is 4.11. The molecule has 31 heavy (non-hydrogen) atoms. The van der Waals surface area contributed by atoms with Crippen molar-refractivity contribution < 1.29 is 14.3 Å². The summed E-state index contributed by atoms with van der Waals surface area (Å²) >= 11 is 6.31. The van der Waals surface area contributed by atoms with Crippen LogP contribution in [0.25, 0.3) is 10.9 Å². The number of rotatable bonds is 6. The molecule has 0 amide bonds. The van der Waals surface area contributed by atoms with Gasteiger partial charge in [-0.15, -0.1) is 0 Å². The third-order valence-corrected chi connectivity index (χ3v) is 5.95. The molecule has 1 aliphatic rings. The molecule has 7 heteroatoms. The molecule has 0 unspecified atom stereocenters. The van der Waals surface area contributed by atoms with E-state index in [0.717, 1.165) is 35.1 Å². The zero-order valence-electron chi connectivity index (χ0n) is 17.8. The summed E-state index contributed by atoms with van der Waals surface area (Å²) in [5.74, 6) is 0.562. The predicted octanol–water partition coefficient (Wildman–Crippen LogP) is 4.67. The number of ether oxygens (including phenoxy) is 2. The number of hydrogen-bond acceptors (Lipinski definition) is 5. The third-order valence-electron chi connectivity index (χ3n) is 5.66. The average Bonchev–Trinajstić information content (AvgIpc) is 3.25. The van der Waals surface area contributed by atoms with Gasteiger partial charge in [0.15, 0.2) is 5.75 Å². The minimum atomic E-state index is -0.170. The van der Waals surface area contributed by atoms with Crippen molar-refractivity contribution in [1.29, 1.82) is 5.26 Å². The first-order valence-corrected chi connectivity index (χ1v) is 10.7. The number of carbonyl (C=O) groups excluding carboxylic acids is 1. The molecule has 1 atom stereocenters. The van der Waals surface area contributed by atoms with E-state index in [2.05, 4.69) is 15.6 Å². The SMILES string of the molecule is COc1c(Cl)ccnc1Cn1c2c(c3cc(C#N)ccc31)C[C@H](CC(=O)OC(C)C)C2. The number of nitrogens with zero attached hydrogens (tertiary/aromatic N) is 3. The molecular formula is C24H24ClN3O3. The highest BCUT2D eigenvalue weighted by Gasteiger charge is 2.31. The Balaban J connectivity index is 1.74. The summed E-state index contributed by atoms with van der Waals surface area (Å²) in [6, 6.07) is 9.67. The number of halogens is 1. The van der Waals surface area contributed by atoms with Crippen LogP contribution in [0.1, 0.15) is 42.8 Å². The summed E-state index contributed by atoms with van der Waals surface area (Å²) in [6.45, 7) is 4.21. The maximum atomic E-state index is 12.2. The normalized spacial score (nSPS) is 15.2. The Bertz CT molecular complexity index is 1190. The first kappa shape index (κ1) is 21.2. The largest absolute Gasteiger partial charge is 0.493 e. The molecule has 4 rings (SSSR count). The van der Waals surface area contributed by atoms with Gasteiger partial charge < -0.3 is 14.0 Å². The number of hydrogen-bond donors (Lipinski definition) is 0. The van der Waals surface area contributed by atoms with E-state index in [4.69, 9.17) is 21.1 Å². The van der Waals surface area contributed by atoms with Crippen molar-refractivity contribution in [3.05, 3.63) is 58.0 Å². The Hall–Kier alpha value is -3.04. The topological polar surface area (TPSA) is 77.1 Å². The summed E-state index contributed by atoms with van der Waals surface area (Å²) < 4.78 is 13.1. The fourth-order valence-corrected chi connectivity index (χ4v) is 4.70. The number of carbonyl (C=O) groups is 1. The fourth-order valence-electron chi connectivity index (χ4n) is 4.46.